The van der Waals surface area contributed by atoms with Gasteiger partial charge in [0.25, 0.3) is 5.91 Å². The van der Waals surface area contributed by atoms with Crippen molar-refractivity contribution in [1.82, 2.24) is 9.88 Å². The van der Waals surface area contributed by atoms with E-state index in [9.17, 15) is 9.59 Å². The third kappa shape index (κ3) is 6.23. The van der Waals surface area contributed by atoms with Crippen LogP contribution in [0.1, 0.15) is 71.0 Å². The largest absolute Gasteiger partial charge is 0.445 e. The summed E-state index contributed by atoms with van der Waals surface area (Å²) in [4.78, 5) is 32.2. The molecular formula is C26H32ClN3O3. The van der Waals surface area contributed by atoms with Crippen LogP contribution < -0.4 is 5.73 Å². The SMILES string of the molecule is CCCN(CCC)C(=O)c1cc(-c2ncco2)cc(C(N)=O)c1Cc1cccc(CC)c1.Cl. The Balaban J connectivity index is 0.00000385. The summed E-state index contributed by atoms with van der Waals surface area (Å²) in [6, 6.07) is 11.6. The number of aryl methyl sites for hydroxylation is 1. The molecule has 3 rings (SSSR count). The quantitative estimate of drug-likeness (QED) is 0.437. The second kappa shape index (κ2) is 12.2. The lowest BCUT2D eigenvalue weighted by atomic mass is 9.90. The van der Waals surface area contributed by atoms with Gasteiger partial charge in [-0.05, 0) is 54.5 Å². The summed E-state index contributed by atoms with van der Waals surface area (Å²) >= 11 is 0. The molecule has 6 nitrogen and oxygen atoms in total. The van der Waals surface area contributed by atoms with Crippen LogP contribution in [0.2, 0.25) is 0 Å². The van der Waals surface area contributed by atoms with Crippen LogP contribution in [-0.2, 0) is 12.8 Å². The summed E-state index contributed by atoms with van der Waals surface area (Å²) in [7, 11) is 0. The molecule has 0 atom stereocenters. The van der Waals surface area contributed by atoms with E-state index in [2.05, 4.69) is 24.0 Å². The molecule has 7 heteroatoms. The number of halogens is 1. The van der Waals surface area contributed by atoms with Crippen molar-refractivity contribution in [2.75, 3.05) is 13.1 Å². The number of hydrogen-bond donors (Lipinski definition) is 1. The number of oxazole rings is 1. The number of carbonyl (C=O) groups is 2. The Kier molecular flexibility index (Phi) is 9.67. The highest BCUT2D eigenvalue weighted by Gasteiger charge is 2.24. The van der Waals surface area contributed by atoms with Crippen molar-refractivity contribution in [2.45, 2.75) is 46.5 Å². The molecule has 1 aromatic heterocycles. The second-order valence-corrected chi connectivity index (χ2v) is 7.89. The molecule has 0 radical (unpaired) electrons. The van der Waals surface area contributed by atoms with Gasteiger partial charge in [-0.3, -0.25) is 9.59 Å². The lowest BCUT2D eigenvalue weighted by molar-refractivity contribution is 0.0754. The maximum atomic E-state index is 13.7. The molecule has 0 unspecified atom stereocenters. The molecule has 0 aliphatic rings. The highest BCUT2D eigenvalue weighted by Crippen LogP contribution is 2.28. The highest BCUT2D eigenvalue weighted by atomic mass is 35.5. The highest BCUT2D eigenvalue weighted by molar-refractivity contribution is 6.03. The fourth-order valence-corrected chi connectivity index (χ4v) is 3.95. The first-order valence-corrected chi connectivity index (χ1v) is 11.2. The Morgan fingerprint density at radius 1 is 1.00 bits per heavy atom. The van der Waals surface area contributed by atoms with Gasteiger partial charge in [-0.1, -0.05) is 45.0 Å². The molecular weight excluding hydrogens is 438 g/mol. The summed E-state index contributed by atoms with van der Waals surface area (Å²) in [5, 5.41) is 0. The van der Waals surface area contributed by atoms with Crippen molar-refractivity contribution < 1.29 is 14.0 Å². The molecule has 0 saturated heterocycles. The average Bonchev–Trinajstić information content (AvgIpc) is 3.33. The van der Waals surface area contributed by atoms with Crippen LogP contribution in [0.3, 0.4) is 0 Å². The fourth-order valence-electron chi connectivity index (χ4n) is 3.95. The molecule has 2 aromatic carbocycles. The Labute approximate surface area is 201 Å². The second-order valence-electron chi connectivity index (χ2n) is 7.89. The van der Waals surface area contributed by atoms with Gasteiger partial charge >= 0.3 is 0 Å². The van der Waals surface area contributed by atoms with Crippen molar-refractivity contribution in [3.8, 4) is 11.5 Å². The van der Waals surface area contributed by atoms with E-state index in [4.69, 9.17) is 10.2 Å². The van der Waals surface area contributed by atoms with Crippen molar-refractivity contribution in [3.05, 3.63) is 76.7 Å². The van der Waals surface area contributed by atoms with Gasteiger partial charge in [-0.2, -0.15) is 0 Å². The van der Waals surface area contributed by atoms with Crippen molar-refractivity contribution >= 4 is 24.2 Å². The first-order valence-electron chi connectivity index (χ1n) is 11.2. The Bertz CT molecular complexity index is 1070. The smallest absolute Gasteiger partial charge is 0.254 e. The molecule has 0 fully saturated rings. The van der Waals surface area contributed by atoms with Gasteiger partial charge in [-0.25, -0.2) is 4.98 Å². The van der Waals surface area contributed by atoms with Crippen LogP contribution in [0, 0.1) is 0 Å². The molecule has 0 aliphatic carbocycles. The number of hydrogen-bond acceptors (Lipinski definition) is 4. The molecule has 0 saturated carbocycles. The number of carbonyl (C=O) groups excluding carboxylic acids is 2. The summed E-state index contributed by atoms with van der Waals surface area (Å²) in [6.07, 6.45) is 6.04. The first-order chi connectivity index (χ1) is 15.5. The topological polar surface area (TPSA) is 89.4 Å². The first kappa shape index (κ1) is 26.1. The number of nitrogens with two attached hydrogens (primary N) is 1. The van der Waals surface area contributed by atoms with E-state index in [1.807, 2.05) is 30.9 Å². The zero-order valence-electron chi connectivity index (χ0n) is 19.5. The number of amides is 2. The molecule has 0 spiro atoms. The van der Waals surface area contributed by atoms with Crippen LogP contribution in [0.4, 0.5) is 0 Å². The standard InChI is InChI=1S/C26H31N3O3.ClH/c1-4-11-29(12-5-2)26(31)23-17-20(25-28-10-13-32-25)16-22(24(27)30)21(23)15-19-9-7-8-18(6-3)14-19;/h7-10,13-14,16-17H,4-6,11-12,15H2,1-3H3,(H2,27,30);1H. The van der Waals surface area contributed by atoms with Crippen LogP contribution >= 0.6 is 12.4 Å². The van der Waals surface area contributed by atoms with Crippen LogP contribution in [0.15, 0.2) is 53.3 Å². The minimum absolute atomic E-state index is 0. The molecule has 33 heavy (non-hydrogen) atoms. The van der Waals surface area contributed by atoms with Crippen molar-refractivity contribution in [3.63, 3.8) is 0 Å². The van der Waals surface area contributed by atoms with Crippen molar-refractivity contribution in [2.24, 2.45) is 5.73 Å². The van der Waals surface area contributed by atoms with Gasteiger partial charge < -0.3 is 15.1 Å². The van der Waals surface area contributed by atoms with Gasteiger partial charge in [0, 0.05) is 29.8 Å². The Morgan fingerprint density at radius 3 is 2.24 bits per heavy atom. The minimum Gasteiger partial charge on any atom is -0.445 e. The van der Waals surface area contributed by atoms with Gasteiger partial charge in [0.1, 0.15) is 6.26 Å². The lowest BCUT2D eigenvalue weighted by Gasteiger charge is -2.24. The van der Waals surface area contributed by atoms with Crippen molar-refractivity contribution in [1.29, 1.82) is 0 Å². The number of primary amides is 1. The van der Waals surface area contributed by atoms with Gasteiger partial charge in [-0.15, -0.1) is 12.4 Å². The third-order valence-electron chi connectivity index (χ3n) is 5.48. The molecule has 3 aromatic rings. The monoisotopic (exact) mass is 469 g/mol. The average molecular weight is 470 g/mol. The summed E-state index contributed by atoms with van der Waals surface area (Å²) in [5.74, 6) is -0.337. The lowest BCUT2D eigenvalue weighted by Crippen LogP contribution is -2.33. The minimum atomic E-state index is -0.577. The molecule has 2 amide bonds. The fraction of sp³-hybridized carbons (Fsp3) is 0.346. The third-order valence-corrected chi connectivity index (χ3v) is 5.48. The van der Waals surface area contributed by atoms with E-state index in [0.717, 1.165) is 24.8 Å². The van der Waals surface area contributed by atoms with E-state index < -0.39 is 5.91 Å². The van der Waals surface area contributed by atoms with E-state index in [1.165, 1.54) is 18.0 Å². The molecule has 0 bridgehead atoms. The van der Waals surface area contributed by atoms with E-state index >= 15 is 0 Å². The van der Waals surface area contributed by atoms with Crippen LogP contribution in [-0.4, -0.2) is 34.8 Å². The van der Waals surface area contributed by atoms with E-state index in [1.54, 1.807) is 12.1 Å². The van der Waals surface area contributed by atoms with Gasteiger partial charge in [0.2, 0.25) is 11.8 Å². The van der Waals surface area contributed by atoms with E-state index in [0.29, 0.717) is 47.7 Å². The van der Waals surface area contributed by atoms with E-state index in [-0.39, 0.29) is 18.3 Å². The molecule has 0 aliphatic heterocycles. The number of benzene rings is 2. The van der Waals surface area contributed by atoms with Crippen LogP contribution in [0.5, 0.6) is 0 Å². The van der Waals surface area contributed by atoms with Crippen LogP contribution in [0.25, 0.3) is 11.5 Å². The maximum Gasteiger partial charge on any atom is 0.254 e. The number of nitrogens with zero attached hydrogens (tertiary/aromatic N) is 2. The molecule has 2 N–H and O–H groups in total. The summed E-state index contributed by atoms with van der Waals surface area (Å²) in [5.41, 5.74) is 10.0. The predicted molar refractivity (Wildman–Crippen MR) is 133 cm³/mol. The Hall–Kier alpha value is -3.12. The summed E-state index contributed by atoms with van der Waals surface area (Å²) < 4.78 is 5.44. The molecule has 176 valence electrons. The predicted octanol–water partition coefficient (Wildman–Crippen LogP) is 5.28. The zero-order chi connectivity index (χ0) is 23.1. The maximum absolute atomic E-state index is 13.7. The Morgan fingerprint density at radius 2 is 1.67 bits per heavy atom. The molecule has 1 heterocycles. The van der Waals surface area contributed by atoms with Gasteiger partial charge in [0.05, 0.1) is 6.20 Å². The number of rotatable bonds is 10. The normalized spacial score (nSPS) is 10.5. The zero-order valence-corrected chi connectivity index (χ0v) is 20.3. The van der Waals surface area contributed by atoms with Gasteiger partial charge in [0.15, 0.2) is 0 Å². The summed E-state index contributed by atoms with van der Waals surface area (Å²) in [6.45, 7) is 7.48. The number of aromatic nitrogens is 1.